The first-order valence-electron chi connectivity index (χ1n) is 6.39. The maximum absolute atomic E-state index is 11.4. The molecule has 0 bridgehead atoms. The summed E-state index contributed by atoms with van der Waals surface area (Å²) >= 11 is 0. The molecule has 1 aliphatic carbocycles. The van der Waals surface area contributed by atoms with Crippen LogP contribution < -0.4 is 0 Å². The van der Waals surface area contributed by atoms with Crippen LogP contribution in [0.2, 0.25) is 0 Å². The topological polar surface area (TPSA) is 26.3 Å². The van der Waals surface area contributed by atoms with Crippen LogP contribution in [0.4, 0.5) is 0 Å². The molecule has 0 atom stereocenters. The summed E-state index contributed by atoms with van der Waals surface area (Å²) in [4.78, 5) is 11.4. The van der Waals surface area contributed by atoms with Gasteiger partial charge in [0.1, 0.15) is 6.10 Å². The Hall–Kier alpha value is -0.790. The van der Waals surface area contributed by atoms with Gasteiger partial charge in [0.05, 0.1) is 0 Å². The molecule has 92 valence electrons. The fourth-order valence-electron chi connectivity index (χ4n) is 2.53. The first kappa shape index (κ1) is 13.3. The molecule has 0 aromatic heterocycles. The van der Waals surface area contributed by atoms with Crippen LogP contribution in [0.15, 0.2) is 12.2 Å². The summed E-state index contributed by atoms with van der Waals surface area (Å²) < 4.78 is 5.40. The zero-order valence-corrected chi connectivity index (χ0v) is 10.8. The summed E-state index contributed by atoms with van der Waals surface area (Å²) in [6.07, 6.45) is 7.01. The van der Waals surface area contributed by atoms with Crippen molar-refractivity contribution in [2.45, 2.75) is 65.4 Å². The van der Waals surface area contributed by atoms with Crippen molar-refractivity contribution >= 4 is 5.97 Å². The highest BCUT2D eigenvalue weighted by molar-refractivity contribution is 5.87. The number of rotatable bonds is 4. The SMILES string of the molecule is C=C(C)C(=O)OC1CCC(CC)(CC)CC1. The number of carbonyl (C=O) groups excluding carboxylic acids is 1. The smallest absolute Gasteiger partial charge is 0.333 e. The van der Waals surface area contributed by atoms with E-state index in [0.717, 1.165) is 12.8 Å². The number of esters is 1. The Labute approximate surface area is 99.1 Å². The zero-order valence-electron chi connectivity index (χ0n) is 10.8. The normalized spacial score (nSPS) is 20.4. The molecule has 0 spiro atoms. The molecule has 2 nitrogen and oxygen atoms in total. The molecule has 0 unspecified atom stereocenters. The van der Waals surface area contributed by atoms with E-state index >= 15 is 0 Å². The molecule has 0 aliphatic heterocycles. The molecule has 0 heterocycles. The van der Waals surface area contributed by atoms with Crippen LogP contribution in [0.3, 0.4) is 0 Å². The summed E-state index contributed by atoms with van der Waals surface area (Å²) in [5, 5.41) is 0. The van der Waals surface area contributed by atoms with E-state index in [1.807, 2.05) is 0 Å². The average molecular weight is 224 g/mol. The number of hydrogen-bond donors (Lipinski definition) is 0. The second kappa shape index (κ2) is 5.51. The van der Waals surface area contributed by atoms with Crippen molar-refractivity contribution in [1.29, 1.82) is 0 Å². The molecule has 0 radical (unpaired) electrons. The molecule has 0 N–H and O–H groups in total. The minimum atomic E-state index is -0.231. The maximum atomic E-state index is 11.4. The highest BCUT2D eigenvalue weighted by Crippen LogP contribution is 2.42. The Balaban J connectivity index is 2.43. The first-order valence-corrected chi connectivity index (χ1v) is 6.39. The van der Waals surface area contributed by atoms with Crippen molar-refractivity contribution in [1.82, 2.24) is 0 Å². The molecule has 1 aliphatic rings. The fourth-order valence-corrected chi connectivity index (χ4v) is 2.53. The van der Waals surface area contributed by atoms with Gasteiger partial charge in [-0.3, -0.25) is 0 Å². The molecule has 0 amide bonds. The van der Waals surface area contributed by atoms with E-state index in [4.69, 9.17) is 4.74 Å². The first-order chi connectivity index (χ1) is 7.53. The van der Waals surface area contributed by atoms with Crippen LogP contribution in [0.25, 0.3) is 0 Å². The number of hydrogen-bond acceptors (Lipinski definition) is 2. The van der Waals surface area contributed by atoms with Crippen molar-refractivity contribution in [2.75, 3.05) is 0 Å². The van der Waals surface area contributed by atoms with Crippen LogP contribution >= 0.6 is 0 Å². The van der Waals surface area contributed by atoms with Gasteiger partial charge in [0.25, 0.3) is 0 Å². The van der Waals surface area contributed by atoms with Crippen LogP contribution in [0, 0.1) is 5.41 Å². The van der Waals surface area contributed by atoms with Gasteiger partial charge in [-0.2, -0.15) is 0 Å². The highest BCUT2D eigenvalue weighted by atomic mass is 16.5. The van der Waals surface area contributed by atoms with Crippen molar-refractivity contribution in [2.24, 2.45) is 5.41 Å². The molecule has 1 rings (SSSR count). The van der Waals surface area contributed by atoms with Crippen LogP contribution in [0.1, 0.15) is 59.3 Å². The van der Waals surface area contributed by atoms with Crippen LogP contribution in [-0.2, 0) is 9.53 Å². The summed E-state index contributed by atoms with van der Waals surface area (Å²) in [5.74, 6) is -0.231. The van der Waals surface area contributed by atoms with Crippen molar-refractivity contribution < 1.29 is 9.53 Å². The van der Waals surface area contributed by atoms with Gasteiger partial charge in [0, 0.05) is 5.57 Å². The Bertz CT molecular complexity index is 254. The van der Waals surface area contributed by atoms with Gasteiger partial charge >= 0.3 is 5.97 Å². The Morgan fingerprint density at radius 3 is 2.19 bits per heavy atom. The molecule has 2 heteroatoms. The third kappa shape index (κ3) is 3.10. The highest BCUT2D eigenvalue weighted by Gasteiger charge is 2.33. The van der Waals surface area contributed by atoms with Crippen molar-refractivity contribution in [3.63, 3.8) is 0 Å². The summed E-state index contributed by atoms with van der Waals surface area (Å²) in [7, 11) is 0. The third-order valence-electron chi connectivity index (χ3n) is 4.12. The maximum Gasteiger partial charge on any atom is 0.333 e. The molecule has 0 aromatic carbocycles. The lowest BCUT2D eigenvalue weighted by Gasteiger charge is -2.38. The Morgan fingerprint density at radius 2 is 1.81 bits per heavy atom. The van der Waals surface area contributed by atoms with Crippen molar-refractivity contribution in [3.05, 3.63) is 12.2 Å². The predicted molar refractivity (Wildman–Crippen MR) is 66.2 cm³/mol. The van der Waals surface area contributed by atoms with E-state index in [0.29, 0.717) is 11.0 Å². The number of carbonyl (C=O) groups is 1. The van der Waals surface area contributed by atoms with Gasteiger partial charge in [0.15, 0.2) is 0 Å². The lowest BCUT2D eigenvalue weighted by molar-refractivity contribution is -0.147. The predicted octanol–water partition coefficient (Wildman–Crippen LogP) is 3.85. The van der Waals surface area contributed by atoms with Gasteiger partial charge in [-0.05, 0) is 38.0 Å². The van der Waals surface area contributed by atoms with E-state index in [9.17, 15) is 4.79 Å². The largest absolute Gasteiger partial charge is 0.459 e. The van der Waals surface area contributed by atoms with Gasteiger partial charge in [-0.1, -0.05) is 33.3 Å². The van der Waals surface area contributed by atoms with E-state index in [1.54, 1.807) is 6.92 Å². The van der Waals surface area contributed by atoms with Gasteiger partial charge in [0.2, 0.25) is 0 Å². The van der Waals surface area contributed by atoms with Gasteiger partial charge in [-0.15, -0.1) is 0 Å². The second-order valence-corrected chi connectivity index (χ2v) is 5.09. The molecule has 1 fully saturated rings. The molecular formula is C14H24O2. The summed E-state index contributed by atoms with van der Waals surface area (Å²) in [6.45, 7) is 9.84. The molecular weight excluding hydrogens is 200 g/mol. The minimum absolute atomic E-state index is 0.121. The molecule has 16 heavy (non-hydrogen) atoms. The average Bonchev–Trinajstić information content (AvgIpc) is 2.30. The lowest BCUT2D eigenvalue weighted by atomic mass is 9.70. The lowest BCUT2D eigenvalue weighted by Crippen LogP contribution is -2.31. The zero-order chi connectivity index (χ0) is 12.2. The summed E-state index contributed by atoms with van der Waals surface area (Å²) in [5.41, 5.74) is 1.01. The van der Waals surface area contributed by atoms with Crippen molar-refractivity contribution in [3.8, 4) is 0 Å². The Morgan fingerprint density at radius 1 is 1.31 bits per heavy atom. The van der Waals surface area contributed by atoms with Crippen LogP contribution in [0.5, 0.6) is 0 Å². The molecule has 1 saturated carbocycles. The second-order valence-electron chi connectivity index (χ2n) is 5.09. The molecule has 0 aromatic rings. The number of ether oxygens (including phenoxy) is 1. The van der Waals surface area contributed by atoms with E-state index in [1.165, 1.54) is 25.7 Å². The van der Waals surface area contributed by atoms with Gasteiger partial charge < -0.3 is 4.74 Å². The monoisotopic (exact) mass is 224 g/mol. The quantitative estimate of drug-likeness (QED) is 0.535. The van der Waals surface area contributed by atoms with E-state index < -0.39 is 0 Å². The molecule has 0 saturated heterocycles. The van der Waals surface area contributed by atoms with E-state index in [-0.39, 0.29) is 12.1 Å². The van der Waals surface area contributed by atoms with Gasteiger partial charge in [-0.25, -0.2) is 4.79 Å². The third-order valence-corrected chi connectivity index (χ3v) is 4.12. The van der Waals surface area contributed by atoms with Crippen LogP contribution in [-0.4, -0.2) is 12.1 Å². The fraction of sp³-hybridized carbons (Fsp3) is 0.786. The van der Waals surface area contributed by atoms with E-state index in [2.05, 4.69) is 20.4 Å². The summed E-state index contributed by atoms with van der Waals surface area (Å²) in [6, 6.07) is 0. The minimum Gasteiger partial charge on any atom is -0.459 e. The standard InChI is InChI=1S/C14H24O2/c1-5-14(6-2)9-7-12(8-10-14)16-13(15)11(3)4/h12H,3,5-10H2,1-2,4H3. The Kier molecular flexibility index (Phi) is 4.57.